The summed E-state index contributed by atoms with van der Waals surface area (Å²) in [5, 5.41) is 9.55. The third-order valence-corrected chi connectivity index (χ3v) is 11.2. The van der Waals surface area contributed by atoms with Crippen molar-refractivity contribution < 1.29 is 4.42 Å². The first kappa shape index (κ1) is 32.0. The fourth-order valence-electron chi connectivity index (χ4n) is 8.52. The van der Waals surface area contributed by atoms with Gasteiger partial charge in [-0.3, -0.25) is 0 Å². The van der Waals surface area contributed by atoms with Crippen LogP contribution >= 0.6 is 0 Å². The molecule has 0 N–H and O–H groups in total. The Morgan fingerprint density at radius 2 is 0.911 bits per heavy atom. The fraction of sp³-hybridized carbons (Fsp3) is 0. The van der Waals surface area contributed by atoms with Crippen LogP contribution in [0.15, 0.2) is 217 Å². The summed E-state index contributed by atoms with van der Waals surface area (Å²) in [4.78, 5) is 2.40. The maximum absolute atomic E-state index is 6.54. The maximum atomic E-state index is 6.54. The van der Waals surface area contributed by atoms with Gasteiger partial charge in [-0.05, 0) is 115 Å². The Hall–Kier alpha value is -7.42. The Morgan fingerprint density at radius 1 is 0.304 bits per heavy atom. The Balaban J connectivity index is 1.06. The van der Waals surface area contributed by atoms with Crippen LogP contribution in [0.5, 0.6) is 0 Å². The summed E-state index contributed by atoms with van der Waals surface area (Å²) >= 11 is 0. The minimum atomic E-state index is 0.884. The molecule has 11 rings (SSSR count). The molecule has 2 heteroatoms. The van der Waals surface area contributed by atoms with Gasteiger partial charge in [-0.1, -0.05) is 158 Å². The van der Waals surface area contributed by atoms with Gasteiger partial charge in [0.25, 0.3) is 0 Å². The van der Waals surface area contributed by atoms with E-state index < -0.39 is 0 Å². The molecule has 262 valence electrons. The molecule has 0 aliphatic carbocycles. The summed E-state index contributed by atoms with van der Waals surface area (Å²) in [5.41, 5.74) is 12.1. The first-order chi connectivity index (χ1) is 27.7. The van der Waals surface area contributed by atoms with Crippen molar-refractivity contribution in [2.24, 2.45) is 0 Å². The Kier molecular flexibility index (Phi) is 7.53. The average molecular weight is 714 g/mol. The van der Waals surface area contributed by atoms with E-state index in [4.69, 9.17) is 4.42 Å². The Labute approximate surface area is 325 Å². The molecule has 2 nitrogen and oxygen atoms in total. The molecular weight excluding hydrogens is 679 g/mol. The first-order valence-corrected chi connectivity index (χ1v) is 19.2. The van der Waals surface area contributed by atoms with Gasteiger partial charge >= 0.3 is 0 Å². The molecule has 10 aromatic carbocycles. The number of benzene rings is 10. The zero-order valence-corrected chi connectivity index (χ0v) is 30.6. The lowest BCUT2D eigenvalue weighted by molar-refractivity contribution is 0.669. The highest BCUT2D eigenvalue weighted by atomic mass is 16.3. The van der Waals surface area contributed by atoms with Crippen molar-refractivity contribution >= 4 is 71.3 Å². The number of anilines is 3. The summed E-state index contributed by atoms with van der Waals surface area (Å²) in [7, 11) is 0. The lowest BCUT2D eigenvalue weighted by Crippen LogP contribution is -2.11. The van der Waals surface area contributed by atoms with Crippen molar-refractivity contribution in [3.8, 4) is 33.4 Å². The van der Waals surface area contributed by atoms with Gasteiger partial charge in [-0.2, -0.15) is 0 Å². The maximum Gasteiger partial charge on any atom is 0.136 e. The van der Waals surface area contributed by atoms with Gasteiger partial charge in [0.15, 0.2) is 0 Å². The van der Waals surface area contributed by atoms with E-state index in [1.807, 2.05) is 0 Å². The van der Waals surface area contributed by atoms with Crippen LogP contribution in [0.1, 0.15) is 0 Å². The fourth-order valence-corrected chi connectivity index (χ4v) is 8.52. The van der Waals surface area contributed by atoms with Crippen molar-refractivity contribution in [2.45, 2.75) is 0 Å². The molecule has 0 amide bonds. The molecule has 0 unspecified atom stereocenters. The monoisotopic (exact) mass is 713 g/mol. The normalized spacial score (nSPS) is 11.6. The molecule has 1 aromatic heterocycles. The first-order valence-electron chi connectivity index (χ1n) is 19.2. The number of rotatable bonds is 6. The van der Waals surface area contributed by atoms with Crippen molar-refractivity contribution in [3.63, 3.8) is 0 Å². The number of hydrogen-bond donors (Lipinski definition) is 0. The van der Waals surface area contributed by atoms with E-state index in [0.717, 1.165) is 50.1 Å². The van der Waals surface area contributed by atoms with Gasteiger partial charge in [0.05, 0.1) is 5.69 Å². The Bertz CT molecular complexity index is 3260. The van der Waals surface area contributed by atoms with Crippen molar-refractivity contribution in [1.29, 1.82) is 0 Å². The highest BCUT2D eigenvalue weighted by molar-refractivity contribution is 6.16. The van der Waals surface area contributed by atoms with Crippen LogP contribution in [0.25, 0.3) is 87.6 Å². The second kappa shape index (κ2) is 13.2. The number of hydrogen-bond acceptors (Lipinski definition) is 2. The van der Waals surface area contributed by atoms with Crippen LogP contribution in [0.2, 0.25) is 0 Å². The smallest absolute Gasteiger partial charge is 0.136 e. The molecular formula is C54H35NO. The zero-order chi connectivity index (χ0) is 37.0. The van der Waals surface area contributed by atoms with Gasteiger partial charge in [-0.15, -0.1) is 0 Å². The molecule has 1 heterocycles. The molecule has 0 radical (unpaired) electrons. The van der Waals surface area contributed by atoms with Crippen LogP contribution in [0.3, 0.4) is 0 Å². The largest absolute Gasteiger partial charge is 0.456 e. The van der Waals surface area contributed by atoms with E-state index in [1.54, 1.807) is 0 Å². The highest BCUT2D eigenvalue weighted by Crippen LogP contribution is 2.46. The summed E-state index contributed by atoms with van der Waals surface area (Å²) in [6.07, 6.45) is 0. The molecule has 0 bridgehead atoms. The summed E-state index contributed by atoms with van der Waals surface area (Å²) < 4.78 is 6.54. The van der Waals surface area contributed by atoms with E-state index in [9.17, 15) is 0 Å². The molecule has 0 spiro atoms. The van der Waals surface area contributed by atoms with Gasteiger partial charge in [0.1, 0.15) is 11.2 Å². The quantitative estimate of drug-likeness (QED) is 0.171. The van der Waals surface area contributed by atoms with Gasteiger partial charge in [0.2, 0.25) is 0 Å². The number of para-hydroxylation sites is 1. The molecule has 0 atom stereocenters. The minimum absolute atomic E-state index is 0.884. The van der Waals surface area contributed by atoms with Gasteiger partial charge in [0, 0.05) is 27.7 Å². The predicted octanol–water partition coefficient (Wildman–Crippen LogP) is 15.5. The summed E-state index contributed by atoms with van der Waals surface area (Å²) in [5.74, 6) is 0. The van der Waals surface area contributed by atoms with Crippen LogP contribution < -0.4 is 4.90 Å². The molecule has 56 heavy (non-hydrogen) atoms. The van der Waals surface area contributed by atoms with Crippen LogP contribution in [0.4, 0.5) is 17.1 Å². The van der Waals surface area contributed by atoms with Crippen LogP contribution in [-0.4, -0.2) is 0 Å². The summed E-state index contributed by atoms with van der Waals surface area (Å²) in [6.45, 7) is 0. The molecule has 0 saturated heterocycles. The second-order valence-corrected chi connectivity index (χ2v) is 14.5. The van der Waals surface area contributed by atoms with Crippen LogP contribution in [-0.2, 0) is 0 Å². The van der Waals surface area contributed by atoms with E-state index >= 15 is 0 Å². The highest BCUT2D eigenvalue weighted by Gasteiger charge is 2.21. The zero-order valence-electron chi connectivity index (χ0n) is 30.6. The lowest BCUT2D eigenvalue weighted by Gasteiger charge is -2.28. The molecule has 0 aliphatic rings. The predicted molar refractivity (Wildman–Crippen MR) is 237 cm³/mol. The van der Waals surface area contributed by atoms with Crippen molar-refractivity contribution in [1.82, 2.24) is 0 Å². The molecule has 0 saturated carbocycles. The second-order valence-electron chi connectivity index (χ2n) is 14.5. The molecule has 0 fully saturated rings. The summed E-state index contributed by atoms with van der Waals surface area (Å²) in [6, 6.07) is 76.5. The van der Waals surface area contributed by atoms with E-state index in [-0.39, 0.29) is 0 Å². The minimum Gasteiger partial charge on any atom is -0.456 e. The number of nitrogens with zero attached hydrogens (tertiary/aromatic N) is 1. The standard InChI is InChI=1S/C54H35NO/c1-2-14-40-33-45(31-28-36(40)12-1)55(44-29-26-37(27-30-44)39-18-9-19-43(32-39)47-22-10-17-38-13-5-6-20-46(38)47)51-24-8-7-21-48(51)49-23-11-25-52-54(49)50-34-41-15-3-4-16-42(41)35-53(50)56-52/h1-35H. The van der Waals surface area contributed by atoms with E-state index in [1.165, 1.54) is 54.6 Å². The van der Waals surface area contributed by atoms with E-state index in [2.05, 4.69) is 217 Å². The SMILES string of the molecule is c1cc(-c2ccc(N(c3ccc4ccccc4c3)c3ccccc3-c3cccc4oc5cc6ccccc6cc5c34)cc2)cc(-c2cccc3ccccc23)c1. The number of fused-ring (bicyclic) bond motifs is 6. The third-order valence-electron chi connectivity index (χ3n) is 11.2. The molecule has 0 aliphatic heterocycles. The third kappa shape index (κ3) is 5.42. The van der Waals surface area contributed by atoms with Crippen LogP contribution in [0, 0.1) is 0 Å². The molecule has 11 aromatic rings. The van der Waals surface area contributed by atoms with Gasteiger partial charge < -0.3 is 9.32 Å². The Morgan fingerprint density at radius 3 is 1.77 bits per heavy atom. The topological polar surface area (TPSA) is 16.4 Å². The average Bonchev–Trinajstić information content (AvgIpc) is 3.63. The number of furan rings is 1. The van der Waals surface area contributed by atoms with Gasteiger partial charge in [-0.25, -0.2) is 0 Å². The van der Waals surface area contributed by atoms with E-state index in [0.29, 0.717) is 0 Å². The van der Waals surface area contributed by atoms with Crippen molar-refractivity contribution in [2.75, 3.05) is 4.90 Å². The lowest BCUT2D eigenvalue weighted by atomic mass is 9.95. The van der Waals surface area contributed by atoms with Crippen molar-refractivity contribution in [3.05, 3.63) is 212 Å².